The van der Waals surface area contributed by atoms with E-state index in [-0.39, 0.29) is 0 Å². The summed E-state index contributed by atoms with van der Waals surface area (Å²) < 4.78 is 2.01. The van der Waals surface area contributed by atoms with Crippen LogP contribution in [0.25, 0.3) is 22.4 Å². The highest BCUT2D eigenvalue weighted by atomic mass is 15.3. The standard InChI is InChI=1S/C20H22N2/c1-14(2)22-13-12-19(21-22)17-10-5-6-11-18(17)20-15(3)8-7-9-16(20)4/h5-14H,1-4H3. The summed E-state index contributed by atoms with van der Waals surface area (Å²) in [6, 6.07) is 17.5. The summed E-state index contributed by atoms with van der Waals surface area (Å²) in [4.78, 5) is 0. The lowest BCUT2D eigenvalue weighted by Crippen LogP contribution is -2.01. The second-order valence-electron chi connectivity index (χ2n) is 6.09. The SMILES string of the molecule is Cc1cccc(C)c1-c1ccccc1-c1ccn(C(C)C)n1. The number of hydrogen-bond donors (Lipinski definition) is 0. The zero-order valence-electron chi connectivity index (χ0n) is 13.7. The Hall–Kier alpha value is -2.35. The first-order valence-electron chi connectivity index (χ1n) is 7.79. The Balaban J connectivity index is 2.18. The van der Waals surface area contributed by atoms with E-state index in [2.05, 4.69) is 82.4 Å². The van der Waals surface area contributed by atoms with Crippen LogP contribution in [0.15, 0.2) is 54.7 Å². The number of rotatable bonds is 3. The van der Waals surface area contributed by atoms with Crippen LogP contribution in [0, 0.1) is 13.8 Å². The van der Waals surface area contributed by atoms with Crippen molar-refractivity contribution in [3.63, 3.8) is 0 Å². The van der Waals surface area contributed by atoms with Crippen LogP contribution in [0.5, 0.6) is 0 Å². The summed E-state index contributed by atoms with van der Waals surface area (Å²) in [6.45, 7) is 8.64. The van der Waals surface area contributed by atoms with E-state index in [0.717, 1.165) is 5.69 Å². The Bertz CT molecular complexity index is 777. The molecule has 0 bridgehead atoms. The lowest BCUT2D eigenvalue weighted by atomic mass is 9.91. The molecule has 0 amide bonds. The Kier molecular flexibility index (Phi) is 3.84. The van der Waals surface area contributed by atoms with Crippen molar-refractivity contribution in [1.82, 2.24) is 9.78 Å². The molecule has 0 N–H and O–H groups in total. The first kappa shape index (κ1) is 14.6. The number of nitrogens with zero attached hydrogens (tertiary/aromatic N) is 2. The van der Waals surface area contributed by atoms with Gasteiger partial charge < -0.3 is 0 Å². The van der Waals surface area contributed by atoms with Gasteiger partial charge in [0.2, 0.25) is 0 Å². The zero-order chi connectivity index (χ0) is 15.7. The molecule has 1 heterocycles. The molecule has 0 unspecified atom stereocenters. The molecular formula is C20H22N2. The van der Waals surface area contributed by atoms with E-state index in [1.165, 1.54) is 27.8 Å². The molecule has 2 nitrogen and oxygen atoms in total. The third-order valence-electron chi connectivity index (χ3n) is 4.09. The van der Waals surface area contributed by atoms with E-state index in [0.29, 0.717) is 6.04 Å². The highest BCUT2D eigenvalue weighted by molar-refractivity contribution is 5.84. The normalized spacial score (nSPS) is 11.1. The van der Waals surface area contributed by atoms with Crippen molar-refractivity contribution in [3.8, 4) is 22.4 Å². The van der Waals surface area contributed by atoms with Gasteiger partial charge in [-0.3, -0.25) is 4.68 Å². The van der Waals surface area contributed by atoms with Gasteiger partial charge in [0.1, 0.15) is 0 Å². The predicted octanol–water partition coefficient (Wildman–Crippen LogP) is 5.41. The molecule has 2 aromatic carbocycles. The molecule has 0 spiro atoms. The zero-order valence-corrected chi connectivity index (χ0v) is 13.7. The molecule has 0 saturated heterocycles. The molecule has 2 heteroatoms. The van der Waals surface area contributed by atoms with E-state index in [9.17, 15) is 0 Å². The third-order valence-corrected chi connectivity index (χ3v) is 4.09. The Labute approximate surface area is 132 Å². The van der Waals surface area contributed by atoms with Gasteiger partial charge >= 0.3 is 0 Å². The number of benzene rings is 2. The van der Waals surface area contributed by atoms with Gasteiger partial charge in [-0.25, -0.2) is 0 Å². The Morgan fingerprint density at radius 1 is 0.818 bits per heavy atom. The summed E-state index contributed by atoms with van der Waals surface area (Å²) in [5.41, 5.74) is 7.40. The van der Waals surface area contributed by atoms with Gasteiger partial charge in [-0.15, -0.1) is 0 Å². The summed E-state index contributed by atoms with van der Waals surface area (Å²) in [5.74, 6) is 0. The topological polar surface area (TPSA) is 17.8 Å². The van der Waals surface area contributed by atoms with Gasteiger partial charge in [0, 0.05) is 17.8 Å². The van der Waals surface area contributed by atoms with Crippen LogP contribution in [-0.4, -0.2) is 9.78 Å². The fourth-order valence-corrected chi connectivity index (χ4v) is 2.93. The van der Waals surface area contributed by atoms with Gasteiger partial charge in [-0.2, -0.15) is 5.10 Å². The van der Waals surface area contributed by atoms with E-state index in [1.807, 2.05) is 4.68 Å². The lowest BCUT2D eigenvalue weighted by molar-refractivity contribution is 0.534. The minimum absolute atomic E-state index is 0.376. The van der Waals surface area contributed by atoms with Crippen LogP contribution in [0.4, 0.5) is 0 Å². The van der Waals surface area contributed by atoms with Crippen molar-refractivity contribution >= 4 is 0 Å². The largest absolute Gasteiger partial charge is 0.270 e. The van der Waals surface area contributed by atoms with Gasteiger partial charge in [0.25, 0.3) is 0 Å². The van der Waals surface area contributed by atoms with Crippen LogP contribution in [0.3, 0.4) is 0 Å². The highest BCUT2D eigenvalue weighted by Crippen LogP contribution is 2.35. The maximum absolute atomic E-state index is 4.74. The quantitative estimate of drug-likeness (QED) is 0.630. The minimum Gasteiger partial charge on any atom is -0.270 e. The molecule has 22 heavy (non-hydrogen) atoms. The molecule has 0 aliphatic heterocycles. The molecule has 0 aliphatic carbocycles. The van der Waals surface area contributed by atoms with Gasteiger partial charge in [-0.1, -0.05) is 42.5 Å². The number of hydrogen-bond acceptors (Lipinski definition) is 1. The van der Waals surface area contributed by atoms with Crippen LogP contribution in [-0.2, 0) is 0 Å². The number of aryl methyl sites for hydroxylation is 2. The molecule has 0 fully saturated rings. The molecule has 0 saturated carbocycles. The van der Waals surface area contributed by atoms with E-state index in [4.69, 9.17) is 5.10 Å². The summed E-state index contributed by atoms with van der Waals surface area (Å²) in [5, 5.41) is 4.74. The minimum atomic E-state index is 0.376. The molecule has 3 rings (SSSR count). The van der Waals surface area contributed by atoms with Crippen LogP contribution in [0.1, 0.15) is 31.0 Å². The lowest BCUT2D eigenvalue weighted by Gasteiger charge is -2.13. The second kappa shape index (κ2) is 5.80. The fourth-order valence-electron chi connectivity index (χ4n) is 2.93. The predicted molar refractivity (Wildman–Crippen MR) is 93.0 cm³/mol. The van der Waals surface area contributed by atoms with Crippen molar-refractivity contribution in [2.45, 2.75) is 33.7 Å². The van der Waals surface area contributed by atoms with Crippen LogP contribution in [0.2, 0.25) is 0 Å². The average molecular weight is 290 g/mol. The summed E-state index contributed by atoms with van der Waals surface area (Å²) in [7, 11) is 0. The molecule has 0 atom stereocenters. The highest BCUT2D eigenvalue weighted by Gasteiger charge is 2.13. The van der Waals surface area contributed by atoms with Crippen molar-refractivity contribution < 1.29 is 0 Å². The summed E-state index contributed by atoms with van der Waals surface area (Å²) >= 11 is 0. The third kappa shape index (κ3) is 2.57. The number of aromatic nitrogens is 2. The Morgan fingerprint density at radius 2 is 1.45 bits per heavy atom. The maximum Gasteiger partial charge on any atom is 0.0929 e. The van der Waals surface area contributed by atoms with Crippen LogP contribution >= 0.6 is 0 Å². The molecule has 0 aliphatic rings. The van der Waals surface area contributed by atoms with Crippen molar-refractivity contribution in [2.24, 2.45) is 0 Å². The molecule has 3 aromatic rings. The van der Waals surface area contributed by atoms with E-state index in [1.54, 1.807) is 0 Å². The smallest absolute Gasteiger partial charge is 0.0929 e. The molecule has 1 aromatic heterocycles. The van der Waals surface area contributed by atoms with Gasteiger partial charge in [0.15, 0.2) is 0 Å². The average Bonchev–Trinajstić information content (AvgIpc) is 2.97. The van der Waals surface area contributed by atoms with Crippen molar-refractivity contribution in [1.29, 1.82) is 0 Å². The van der Waals surface area contributed by atoms with Crippen molar-refractivity contribution in [2.75, 3.05) is 0 Å². The Morgan fingerprint density at radius 3 is 2.05 bits per heavy atom. The molecule has 112 valence electrons. The van der Waals surface area contributed by atoms with Crippen LogP contribution < -0.4 is 0 Å². The van der Waals surface area contributed by atoms with Crippen molar-refractivity contribution in [3.05, 3.63) is 65.9 Å². The summed E-state index contributed by atoms with van der Waals surface area (Å²) in [6.07, 6.45) is 2.06. The monoisotopic (exact) mass is 290 g/mol. The first-order chi connectivity index (χ1) is 10.6. The maximum atomic E-state index is 4.74. The first-order valence-corrected chi connectivity index (χ1v) is 7.79. The fraction of sp³-hybridized carbons (Fsp3) is 0.250. The molecule has 0 radical (unpaired) electrons. The molecular weight excluding hydrogens is 268 g/mol. The van der Waals surface area contributed by atoms with Gasteiger partial charge in [0.05, 0.1) is 5.69 Å². The van der Waals surface area contributed by atoms with E-state index < -0.39 is 0 Å². The second-order valence-corrected chi connectivity index (χ2v) is 6.09. The van der Waals surface area contributed by atoms with E-state index >= 15 is 0 Å². The van der Waals surface area contributed by atoms with Gasteiger partial charge in [-0.05, 0) is 56.0 Å².